The van der Waals surface area contributed by atoms with E-state index in [2.05, 4.69) is 11.1 Å². The highest BCUT2D eigenvalue weighted by Crippen LogP contribution is 2.34. The smallest absolute Gasteiger partial charge is 0.324 e. The lowest BCUT2D eigenvalue weighted by Gasteiger charge is -2.33. The van der Waals surface area contributed by atoms with Crippen LogP contribution >= 0.6 is 0 Å². The molecule has 5 nitrogen and oxygen atoms in total. The van der Waals surface area contributed by atoms with Gasteiger partial charge in [0.15, 0.2) is 0 Å². The summed E-state index contributed by atoms with van der Waals surface area (Å²) >= 11 is 0. The number of carbonyl (C=O) groups is 1. The predicted molar refractivity (Wildman–Crippen MR) is 91.8 cm³/mol. The Kier molecular flexibility index (Phi) is 3.73. The van der Waals surface area contributed by atoms with Crippen molar-refractivity contribution in [2.75, 3.05) is 24.5 Å². The van der Waals surface area contributed by atoms with Gasteiger partial charge in [0.05, 0.1) is 6.54 Å². The first-order valence-corrected chi connectivity index (χ1v) is 8.45. The monoisotopic (exact) mass is 323 g/mol. The molecule has 2 aliphatic rings. The molecule has 0 saturated carbocycles. The zero-order valence-corrected chi connectivity index (χ0v) is 13.6. The average Bonchev–Trinajstić information content (AvgIpc) is 3.05. The van der Waals surface area contributed by atoms with Gasteiger partial charge >= 0.3 is 6.03 Å². The van der Waals surface area contributed by atoms with Crippen LogP contribution in [0.4, 0.5) is 10.5 Å². The van der Waals surface area contributed by atoms with Crippen molar-refractivity contribution >= 4 is 11.7 Å². The topological polar surface area (TPSA) is 56.7 Å². The summed E-state index contributed by atoms with van der Waals surface area (Å²) in [6.45, 7) is 1.61. The third-order valence-electron chi connectivity index (χ3n) is 5.06. The van der Waals surface area contributed by atoms with Crippen LogP contribution in [0.3, 0.4) is 0 Å². The van der Waals surface area contributed by atoms with Gasteiger partial charge < -0.3 is 10.0 Å². The average molecular weight is 323 g/mol. The number of anilines is 1. The van der Waals surface area contributed by atoms with Crippen molar-refractivity contribution in [3.8, 4) is 0 Å². The van der Waals surface area contributed by atoms with Gasteiger partial charge in [-0.25, -0.2) is 4.79 Å². The van der Waals surface area contributed by atoms with Crippen molar-refractivity contribution in [1.82, 2.24) is 9.88 Å². The Morgan fingerprint density at radius 1 is 1.17 bits per heavy atom. The lowest BCUT2D eigenvalue weighted by Crippen LogP contribution is -2.45. The summed E-state index contributed by atoms with van der Waals surface area (Å²) in [4.78, 5) is 20.7. The van der Waals surface area contributed by atoms with E-state index < -0.39 is 5.60 Å². The van der Waals surface area contributed by atoms with Crippen LogP contribution in [0.15, 0.2) is 48.8 Å². The maximum atomic E-state index is 13.0. The van der Waals surface area contributed by atoms with Crippen molar-refractivity contribution < 1.29 is 9.90 Å². The molecule has 0 aliphatic carbocycles. The summed E-state index contributed by atoms with van der Waals surface area (Å²) < 4.78 is 0. The zero-order chi connectivity index (χ0) is 16.6. The van der Waals surface area contributed by atoms with Crippen molar-refractivity contribution in [2.45, 2.75) is 24.9 Å². The fourth-order valence-corrected chi connectivity index (χ4v) is 3.73. The Morgan fingerprint density at radius 3 is 2.88 bits per heavy atom. The molecule has 0 bridgehead atoms. The molecule has 1 fully saturated rings. The van der Waals surface area contributed by atoms with E-state index in [0.717, 1.165) is 30.6 Å². The number of urea groups is 1. The number of pyridine rings is 1. The number of hydrogen-bond donors (Lipinski definition) is 1. The summed E-state index contributed by atoms with van der Waals surface area (Å²) in [6, 6.07) is 11.8. The molecule has 3 heterocycles. The van der Waals surface area contributed by atoms with Gasteiger partial charge in [0.1, 0.15) is 5.60 Å². The van der Waals surface area contributed by atoms with Gasteiger partial charge in [-0.3, -0.25) is 9.88 Å². The number of carbonyl (C=O) groups excluding carboxylic acids is 1. The minimum Gasteiger partial charge on any atom is -0.383 e. The summed E-state index contributed by atoms with van der Waals surface area (Å²) in [6.07, 6.45) is 5.91. The van der Waals surface area contributed by atoms with Crippen LogP contribution in [0.25, 0.3) is 0 Å². The third kappa shape index (κ3) is 2.55. The largest absolute Gasteiger partial charge is 0.383 e. The highest BCUT2D eigenvalue weighted by atomic mass is 16.3. The number of aryl methyl sites for hydroxylation is 1. The molecule has 0 spiro atoms. The molecular formula is C19H21N3O2. The van der Waals surface area contributed by atoms with Crippen LogP contribution in [-0.2, 0) is 12.0 Å². The van der Waals surface area contributed by atoms with Crippen LogP contribution in [0.1, 0.15) is 24.0 Å². The van der Waals surface area contributed by atoms with Gasteiger partial charge in [-0.2, -0.15) is 0 Å². The number of para-hydroxylation sites is 1. The number of aromatic nitrogens is 1. The number of fused-ring (bicyclic) bond motifs is 1. The van der Waals surface area contributed by atoms with Crippen LogP contribution in [0.2, 0.25) is 0 Å². The van der Waals surface area contributed by atoms with Gasteiger partial charge in [-0.05, 0) is 37.0 Å². The fraction of sp³-hybridized carbons (Fsp3) is 0.368. The standard InChI is InChI=1S/C19H21N3O2/c23-18(22-11-4-6-15-5-1-2-8-17(15)22)21-12-9-19(24,14-21)16-7-3-10-20-13-16/h1-3,5,7-8,10,13,24H,4,6,9,11-12,14H2. The van der Waals surface area contributed by atoms with Gasteiger partial charge in [0.2, 0.25) is 0 Å². The predicted octanol–water partition coefficient (Wildman–Crippen LogP) is 2.55. The molecule has 1 unspecified atom stereocenters. The van der Waals surface area contributed by atoms with E-state index in [1.807, 2.05) is 35.2 Å². The first-order valence-electron chi connectivity index (χ1n) is 8.45. The van der Waals surface area contributed by atoms with Crippen LogP contribution in [-0.4, -0.2) is 40.7 Å². The number of aliphatic hydroxyl groups is 1. The molecule has 1 N–H and O–H groups in total. The minimum atomic E-state index is -1.00. The van der Waals surface area contributed by atoms with E-state index in [1.165, 1.54) is 5.56 Å². The molecule has 24 heavy (non-hydrogen) atoms. The third-order valence-corrected chi connectivity index (χ3v) is 5.06. The summed E-state index contributed by atoms with van der Waals surface area (Å²) in [7, 11) is 0. The molecule has 4 rings (SSSR count). The van der Waals surface area contributed by atoms with E-state index in [0.29, 0.717) is 19.5 Å². The lowest BCUT2D eigenvalue weighted by atomic mass is 9.95. The van der Waals surface area contributed by atoms with E-state index in [9.17, 15) is 9.90 Å². The second-order valence-electron chi connectivity index (χ2n) is 6.61. The second kappa shape index (κ2) is 5.91. The normalized spacial score (nSPS) is 23.2. The number of rotatable bonds is 1. The number of likely N-dealkylation sites (tertiary alicyclic amines) is 1. The highest BCUT2D eigenvalue weighted by molar-refractivity contribution is 5.93. The molecular weight excluding hydrogens is 302 g/mol. The molecule has 0 radical (unpaired) electrons. The first-order chi connectivity index (χ1) is 11.7. The molecule has 2 amide bonds. The van der Waals surface area contributed by atoms with E-state index in [-0.39, 0.29) is 6.03 Å². The molecule has 124 valence electrons. The molecule has 1 aromatic heterocycles. The molecule has 1 aromatic carbocycles. The van der Waals surface area contributed by atoms with Gasteiger partial charge in [0.25, 0.3) is 0 Å². The second-order valence-corrected chi connectivity index (χ2v) is 6.61. The first kappa shape index (κ1) is 15.1. The maximum Gasteiger partial charge on any atom is 0.324 e. The Labute approximate surface area is 141 Å². The van der Waals surface area contributed by atoms with E-state index >= 15 is 0 Å². The van der Waals surface area contributed by atoms with Crippen LogP contribution in [0, 0.1) is 0 Å². The lowest BCUT2D eigenvalue weighted by molar-refractivity contribution is 0.0494. The van der Waals surface area contributed by atoms with Crippen molar-refractivity contribution in [3.05, 3.63) is 59.9 Å². The summed E-state index contributed by atoms with van der Waals surface area (Å²) in [5.41, 5.74) is 2.00. The number of nitrogens with zero attached hydrogens (tertiary/aromatic N) is 3. The molecule has 2 aliphatic heterocycles. The fourth-order valence-electron chi connectivity index (χ4n) is 3.73. The van der Waals surface area contributed by atoms with Crippen LogP contribution < -0.4 is 4.90 Å². The Balaban J connectivity index is 1.55. The number of hydrogen-bond acceptors (Lipinski definition) is 3. The SMILES string of the molecule is O=C(N1CCC(O)(c2cccnc2)C1)N1CCCc2ccccc21. The number of amides is 2. The van der Waals surface area contributed by atoms with E-state index in [1.54, 1.807) is 17.3 Å². The number of β-amino-alcohol motifs (C(OH)–C–C–N with tert-alkyl or cyclic N) is 1. The summed E-state index contributed by atoms with van der Waals surface area (Å²) in [5.74, 6) is 0. The molecule has 1 saturated heterocycles. The van der Waals surface area contributed by atoms with Crippen molar-refractivity contribution in [2.24, 2.45) is 0 Å². The Bertz CT molecular complexity index is 749. The molecule has 2 aromatic rings. The van der Waals surface area contributed by atoms with Crippen molar-refractivity contribution in [1.29, 1.82) is 0 Å². The summed E-state index contributed by atoms with van der Waals surface area (Å²) in [5, 5.41) is 10.9. The quantitative estimate of drug-likeness (QED) is 0.877. The van der Waals surface area contributed by atoms with Crippen LogP contribution in [0.5, 0.6) is 0 Å². The molecule has 5 heteroatoms. The maximum absolute atomic E-state index is 13.0. The minimum absolute atomic E-state index is 0.0121. The Hall–Kier alpha value is -2.40. The molecule has 1 atom stereocenters. The number of benzene rings is 1. The highest BCUT2D eigenvalue weighted by Gasteiger charge is 2.41. The van der Waals surface area contributed by atoms with Gasteiger partial charge in [0, 0.05) is 36.7 Å². The van der Waals surface area contributed by atoms with E-state index in [4.69, 9.17) is 0 Å². The zero-order valence-electron chi connectivity index (χ0n) is 13.6. The van der Waals surface area contributed by atoms with Gasteiger partial charge in [-0.15, -0.1) is 0 Å². The Morgan fingerprint density at radius 2 is 2.04 bits per heavy atom. The van der Waals surface area contributed by atoms with Crippen molar-refractivity contribution in [3.63, 3.8) is 0 Å². The van der Waals surface area contributed by atoms with Gasteiger partial charge in [-0.1, -0.05) is 24.3 Å².